The molecule has 0 radical (unpaired) electrons. The normalized spacial score (nSPS) is 11.4. The zero-order chi connectivity index (χ0) is 14.9. The van der Waals surface area contributed by atoms with Crippen LogP contribution >= 0.6 is 34.8 Å². The van der Waals surface area contributed by atoms with E-state index in [4.69, 9.17) is 34.8 Å². The highest BCUT2D eigenvalue weighted by atomic mass is 35.5. The molecule has 20 heavy (non-hydrogen) atoms. The average Bonchev–Trinajstić information content (AvgIpc) is 2.38. The van der Waals surface area contributed by atoms with Gasteiger partial charge in [0.15, 0.2) is 0 Å². The standard InChI is InChI=1S/C13H10Cl3NO2S/c1-8-2-4-9(5-3-8)17-20(18,19)11-7-6-10(14)12(15)13(11)16/h2-7,17H,1H3. The number of aryl methyl sites for hydroxylation is 1. The molecule has 0 aromatic heterocycles. The molecule has 106 valence electrons. The van der Waals surface area contributed by atoms with E-state index in [0.29, 0.717) is 5.69 Å². The molecule has 0 aliphatic rings. The summed E-state index contributed by atoms with van der Waals surface area (Å²) in [5.41, 5.74) is 1.47. The van der Waals surface area contributed by atoms with Gasteiger partial charge in [-0.3, -0.25) is 4.72 Å². The Morgan fingerprint density at radius 3 is 2.10 bits per heavy atom. The third-order valence-corrected chi connectivity index (χ3v) is 5.42. The number of anilines is 1. The molecule has 0 heterocycles. The van der Waals surface area contributed by atoms with Crippen LogP contribution < -0.4 is 4.72 Å². The van der Waals surface area contributed by atoms with Crippen LogP contribution in [-0.2, 0) is 10.0 Å². The van der Waals surface area contributed by atoms with Gasteiger partial charge in [-0.05, 0) is 31.2 Å². The highest BCUT2D eigenvalue weighted by Gasteiger charge is 2.21. The summed E-state index contributed by atoms with van der Waals surface area (Å²) in [6.07, 6.45) is 0. The lowest BCUT2D eigenvalue weighted by Crippen LogP contribution is -2.13. The van der Waals surface area contributed by atoms with Crippen molar-refractivity contribution in [3.63, 3.8) is 0 Å². The molecule has 0 saturated carbocycles. The van der Waals surface area contributed by atoms with Crippen LogP contribution in [0.15, 0.2) is 41.3 Å². The SMILES string of the molecule is Cc1ccc(NS(=O)(=O)c2ccc(Cl)c(Cl)c2Cl)cc1. The van der Waals surface area contributed by atoms with Gasteiger partial charge < -0.3 is 0 Å². The van der Waals surface area contributed by atoms with E-state index >= 15 is 0 Å². The van der Waals surface area contributed by atoms with Crippen LogP contribution in [0.3, 0.4) is 0 Å². The lowest BCUT2D eigenvalue weighted by atomic mass is 10.2. The molecule has 0 amide bonds. The van der Waals surface area contributed by atoms with Gasteiger partial charge in [-0.25, -0.2) is 8.42 Å². The van der Waals surface area contributed by atoms with E-state index in [1.54, 1.807) is 24.3 Å². The minimum absolute atomic E-state index is 0.0140. The number of benzene rings is 2. The summed E-state index contributed by atoms with van der Waals surface area (Å²) in [6, 6.07) is 9.63. The van der Waals surface area contributed by atoms with Gasteiger partial charge in [0.1, 0.15) is 4.90 Å². The lowest BCUT2D eigenvalue weighted by Gasteiger charge is -2.11. The van der Waals surface area contributed by atoms with Crippen molar-refractivity contribution in [1.29, 1.82) is 0 Å². The number of rotatable bonds is 3. The summed E-state index contributed by atoms with van der Waals surface area (Å²) in [5.74, 6) is 0. The van der Waals surface area contributed by atoms with Gasteiger partial charge >= 0.3 is 0 Å². The zero-order valence-corrected chi connectivity index (χ0v) is 13.4. The quantitative estimate of drug-likeness (QED) is 0.811. The Labute approximate surface area is 132 Å². The lowest BCUT2D eigenvalue weighted by molar-refractivity contribution is 0.601. The molecule has 2 aromatic carbocycles. The van der Waals surface area contributed by atoms with Crippen molar-refractivity contribution in [2.45, 2.75) is 11.8 Å². The second-order valence-corrected chi connectivity index (χ2v) is 6.96. The van der Waals surface area contributed by atoms with Gasteiger partial charge in [-0.1, -0.05) is 52.5 Å². The van der Waals surface area contributed by atoms with E-state index in [-0.39, 0.29) is 20.0 Å². The fraction of sp³-hybridized carbons (Fsp3) is 0.0769. The number of hydrogen-bond acceptors (Lipinski definition) is 2. The molecule has 2 aromatic rings. The van der Waals surface area contributed by atoms with Crippen molar-refractivity contribution in [2.24, 2.45) is 0 Å². The van der Waals surface area contributed by atoms with Crippen LogP contribution in [0.25, 0.3) is 0 Å². The van der Waals surface area contributed by atoms with Gasteiger partial charge in [0.2, 0.25) is 0 Å². The van der Waals surface area contributed by atoms with Crippen LogP contribution in [0.4, 0.5) is 5.69 Å². The summed E-state index contributed by atoms with van der Waals surface area (Å²) in [6.45, 7) is 1.91. The largest absolute Gasteiger partial charge is 0.280 e. The maximum atomic E-state index is 12.3. The molecule has 0 aliphatic heterocycles. The molecule has 7 heteroatoms. The Morgan fingerprint density at radius 2 is 1.50 bits per heavy atom. The van der Waals surface area contributed by atoms with Crippen molar-refractivity contribution in [3.05, 3.63) is 57.0 Å². The van der Waals surface area contributed by atoms with Crippen LogP contribution in [0, 0.1) is 6.92 Å². The summed E-state index contributed by atoms with van der Waals surface area (Å²) in [4.78, 5) is -0.117. The fourth-order valence-electron chi connectivity index (χ4n) is 1.55. The first kappa shape index (κ1) is 15.4. The third-order valence-electron chi connectivity index (χ3n) is 2.59. The Bertz CT molecular complexity index is 743. The van der Waals surface area contributed by atoms with Crippen molar-refractivity contribution in [2.75, 3.05) is 4.72 Å². The van der Waals surface area contributed by atoms with E-state index < -0.39 is 10.0 Å². The zero-order valence-electron chi connectivity index (χ0n) is 10.3. The summed E-state index contributed by atoms with van der Waals surface area (Å²) in [5, 5.41) is 0.116. The van der Waals surface area contributed by atoms with E-state index in [2.05, 4.69) is 4.72 Å². The molecule has 0 atom stereocenters. The smallest absolute Gasteiger partial charge is 0.263 e. The summed E-state index contributed by atoms with van der Waals surface area (Å²) >= 11 is 17.6. The Balaban J connectivity index is 2.41. The van der Waals surface area contributed by atoms with E-state index in [1.165, 1.54) is 12.1 Å². The molecular weight excluding hydrogens is 341 g/mol. The van der Waals surface area contributed by atoms with Crippen LogP contribution in [0.1, 0.15) is 5.56 Å². The Morgan fingerprint density at radius 1 is 0.900 bits per heavy atom. The molecular formula is C13H10Cl3NO2S. The number of halogens is 3. The molecule has 2 rings (SSSR count). The molecule has 0 fully saturated rings. The highest BCUT2D eigenvalue weighted by Crippen LogP contribution is 2.35. The maximum Gasteiger partial charge on any atom is 0.263 e. The van der Waals surface area contributed by atoms with Crippen LogP contribution in [0.5, 0.6) is 0 Å². The predicted octanol–water partition coefficient (Wildman–Crippen LogP) is 4.76. The molecule has 0 saturated heterocycles. The van der Waals surface area contributed by atoms with Gasteiger partial charge in [0.05, 0.1) is 15.1 Å². The first-order valence-electron chi connectivity index (χ1n) is 5.54. The van der Waals surface area contributed by atoms with Crippen LogP contribution in [0.2, 0.25) is 15.1 Å². The molecule has 0 spiro atoms. The van der Waals surface area contributed by atoms with Gasteiger partial charge in [-0.2, -0.15) is 0 Å². The van der Waals surface area contributed by atoms with E-state index in [1.807, 2.05) is 6.92 Å². The maximum absolute atomic E-state index is 12.3. The van der Waals surface area contributed by atoms with Gasteiger partial charge in [0.25, 0.3) is 10.0 Å². The number of sulfonamides is 1. The van der Waals surface area contributed by atoms with Crippen molar-refractivity contribution < 1.29 is 8.42 Å². The monoisotopic (exact) mass is 349 g/mol. The average molecular weight is 351 g/mol. The Kier molecular flexibility index (Phi) is 4.49. The molecule has 0 bridgehead atoms. The molecule has 1 N–H and O–H groups in total. The molecule has 0 unspecified atom stereocenters. The van der Waals surface area contributed by atoms with Crippen molar-refractivity contribution in [1.82, 2.24) is 0 Å². The fourth-order valence-corrected chi connectivity index (χ4v) is 3.59. The Hall–Kier alpha value is -0.940. The molecule has 0 aliphatic carbocycles. The second-order valence-electron chi connectivity index (χ2n) is 4.15. The van der Waals surface area contributed by atoms with Crippen LogP contribution in [-0.4, -0.2) is 8.42 Å². The topological polar surface area (TPSA) is 46.2 Å². The van der Waals surface area contributed by atoms with Gasteiger partial charge in [-0.15, -0.1) is 0 Å². The predicted molar refractivity (Wildman–Crippen MR) is 83.5 cm³/mol. The first-order valence-corrected chi connectivity index (χ1v) is 8.16. The number of hydrogen-bond donors (Lipinski definition) is 1. The van der Waals surface area contributed by atoms with Crippen molar-refractivity contribution >= 4 is 50.5 Å². The van der Waals surface area contributed by atoms with E-state index in [9.17, 15) is 8.42 Å². The summed E-state index contributed by atoms with van der Waals surface area (Å²) in [7, 11) is -3.82. The highest BCUT2D eigenvalue weighted by molar-refractivity contribution is 7.92. The van der Waals surface area contributed by atoms with Crippen molar-refractivity contribution in [3.8, 4) is 0 Å². The third kappa shape index (κ3) is 3.20. The molecule has 3 nitrogen and oxygen atoms in total. The second kappa shape index (κ2) is 5.82. The van der Waals surface area contributed by atoms with Gasteiger partial charge in [0, 0.05) is 5.69 Å². The van der Waals surface area contributed by atoms with E-state index in [0.717, 1.165) is 5.56 Å². The first-order chi connectivity index (χ1) is 9.31. The summed E-state index contributed by atoms with van der Waals surface area (Å²) < 4.78 is 27.0. The minimum atomic E-state index is -3.82. The number of nitrogens with one attached hydrogen (secondary N) is 1. The minimum Gasteiger partial charge on any atom is -0.280 e.